The Kier molecular flexibility index (Phi) is 4.25. The highest BCUT2D eigenvalue weighted by Crippen LogP contribution is 2.31. The Morgan fingerprint density at radius 1 is 1.22 bits per heavy atom. The van der Waals surface area contributed by atoms with Crippen molar-refractivity contribution < 1.29 is 9.90 Å². The van der Waals surface area contributed by atoms with Gasteiger partial charge >= 0.3 is 0 Å². The van der Waals surface area contributed by atoms with Crippen LogP contribution in [0.5, 0.6) is 5.75 Å². The number of hydrogen-bond acceptors (Lipinski definition) is 3. The Hall–Kier alpha value is -3.39. The number of hydrogen-bond donors (Lipinski definition) is 3. The Labute approximate surface area is 157 Å². The van der Waals surface area contributed by atoms with Crippen LogP contribution in [0.2, 0.25) is 0 Å². The third-order valence-corrected chi connectivity index (χ3v) is 4.83. The number of nitrogens with one attached hydrogen (secondary N) is 1. The monoisotopic (exact) mass is 359 g/mol. The number of phenols is 1. The number of carbonyl (C=O) groups excluding carboxylic acids is 1. The van der Waals surface area contributed by atoms with Crippen molar-refractivity contribution in [3.05, 3.63) is 53.7 Å². The summed E-state index contributed by atoms with van der Waals surface area (Å²) in [6.07, 6.45) is 1.97. The first-order chi connectivity index (χ1) is 13.1. The molecule has 4 rings (SSSR count). The van der Waals surface area contributed by atoms with Crippen molar-refractivity contribution in [2.24, 2.45) is 5.92 Å². The molecule has 1 saturated carbocycles. The molecule has 5 nitrogen and oxygen atoms in total. The standard InChI is InChI=1S/C22H21N3O2/c1-2-25-19(21(23)18-11-10-17(26)13-20(18)25)12-5-14-3-8-16(9-4-14)24-22(27)15-6-7-15/h3-4,8-11,13,15,26H,2,6-7,23H2,1H3,(H,24,27). The summed E-state index contributed by atoms with van der Waals surface area (Å²) < 4.78 is 2.00. The van der Waals surface area contributed by atoms with Gasteiger partial charge in [-0.25, -0.2) is 0 Å². The predicted molar refractivity (Wildman–Crippen MR) is 107 cm³/mol. The van der Waals surface area contributed by atoms with E-state index in [1.807, 2.05) is 41.8 Å². The Balaban J connectivity index is 1.62. The summed E-state index contributed by atoms with van der Waals surface area (Å²) in [6, 6.07) is 12.6. The molecule has 27 heavy (non-hydrogen) atoms. The number of aromatic hydroxyl groups is 1. The molecule has 1 fully saturated rings. The number of nitrogens with zero attached hydrogens (tertiary/aromatic N) is 1. The number of fused-ring (bicyclic) bond motifs is 1. The number of nitrogen functional groups attached to an aromatic ring is 1. The molecule has 4 N–H and O–H groups in total. The number of amides is 1. The molecule has 0 unspecified atom stereocenters. The van der Waals surface area contributed by atoms with Crippen LogP contribution in [0.25, 0.3) is 10.9 Å². The van der Waals surface area contributed by atoms with Gasteiger partial charge in [0.25, 0.3) is 0 Å². The second kappa shape index (κ2) is 6.73. The number of carbonyl (C=O) groups is 1. The smallest absolute Gasteiger partial charge is 0.227 e. The molecular formula is C22H21N3O2. The first kappa shape index (κ1) is 17.0. The van der Waals surface area contributed by atoms with Gasteiger partial charge in [0.15, 0.2) is 0 Å². The fourth-order valence-corrected chi connectivity index (χ4v) is 3.19. The number of nitrogens with two attached hydrogens (primary N) is 1. The van der Waals surface area contributed by atoms with Crippen LogP contribution in [0.1, 0.15) is 31.0 Å². The molecule has 1 amide bonds. The van der Waals surface area contributed by atoms with Gasteiger partial charge in [0.2, 0.25) is 5.91 Å². The molecule has 0 atom stereocenters. The van der Waals surface area contributed by atoms with Crippen molar-refractivity contribution in [2.45, 2.75) is 26.3 Å². The van der Waals surface area contributed by atoms with E-state index in [2.05, 4.69) is 17.2 Å². The average Bonchev–Trinajstić information content (AvgIpc) is 3.47. The Morgan fingerprint density at radius 2 is 1.96 bits per heavy atom. The molecular weight excluding hydrogens is 338 g/mol. The molecule has 1 aliphatic carbocycles. The van der Waals surface area contributed by atoms with Gasteiger partial charge in [-0.15, -0.1) is 0 Å². The molecule has 1 heterocycles. The highest BCUT2D eigenvalue weighted by molar-refractivity contribution is 5.96. The number of anilines is 2. The van der Waals surface area contributed by atoms with E-state index in [9.17, 15) is 9.90 Å². The summed E-state index contributed by atoms with van der Waals surface area (Å²) in [5.74, 6) is 6.79. The fraction of sp³-hybridized carbons (Fsp3) is 0.227. The first-order valence-electron chi connectivity index (χ1n) is 9.10. The lowest BCUT2D eigenvalue weighted by Crippen LogP contribution is -2.12. The van der Waals surface area contributed by atoms with E-state index in [1.165, 1.54) is 0 Å². The molecule has 1 aromatic heterocycles. The Morgan fingerprint density at radius 3 is 2.63 bits per heavy atom. The lowest BCUT2D eigenvalue weighted by Gasteiger charge is -2.04. The van der Waals surface area contributed by atoms with Crippen LogP contribution in [0, 0.1) is 17.8 Å². The predicted octanol–water partition coefficient (Wildman–Crippen LogP) is 3.70. The van der Waals surface area contributed by atoms with Crippen LogP contribution in [-0.2, 0) is 11.3 Å². The molecule has 0 bridgehead atoms. The van der Waals surface area contributed by atoms with E-state index < -0.39 is 0 Å². The summed E-state index contributed by atoms with van der Waals surface area (Å²) in [7, 11) is 0. The van der Waals surface area contributed by atoms with Gasteiger partial charge in [0.05, 0.1) is 11.2 Å². The van der Waals surface area contributed by atoms with Gasteiger partial charge in [0, 0.05) is 35.2 Å². The average molecular weight is 359 g/mol. The maximum Gasteiger partial charge on any atom is 0.227 e. The van der Waals surface area contributed by atoms with Crippen LogP contribution in [0.4, 0.5) is 11.4 Å². The number of aromatic nitrogens is 1. The van der Waals surface area contributed by atoms with E-state index >= 15 is 0 Å². The molecule has 0 saturated heterocycles. The van der Waals surface area contributed by atoms with Gasteiger partial charge in [-0.3, -0.25) is 4.79 Å². The van der Waals surface area contributed by atoms with E-state index in [0.29, 0.717) is 12.2 Å². The first-order valence-corrected chi connectivity index (χ1v) is 9.10. The summed E-state index contributed by atoms with van der Waals surface area (Å²) in [5, 5.41) is 13.6. The minimum atomic E-state index is 0.0947. The second-order valence-electron chi connectivity index (χ2n) is 6.80. The van der Waals surface area contributed by atoms with Gasteiger partial charge in [-0.05, 0) is 62.1 Å². The van der Waals surface area contributed by atoms with Crippen molar-refractivity contribution in [3.63, 3.8) is 0 Å². The van der Waals surface area contributed by atoms with Gasteiger partial charge in [-0.1, -0.05) is 5.92 Å². The second-order valence-corrected chi connectivity index (χ2v) is 6.80. The van der Waals surface area contributed by atoms with Gasteiger partial charge < -0.3 is 20.7 Å². The zero-order valence-corrected chi connectivity index (χ0v) is 15.1. The number of benzene rings is 2. The van der Waals surface area contributed by atoms with Crippen molar-refractivity contribution in [1.82, 2.24) is 4.57 Å². The number of phenolic OH excluding ortho intramolecular Hbond substituents is 1. The highest BCUT2D eigenvalue weighted by Gasteiger charge is 2.29. The highest BCUT2D eigenvalue weighted by atomic mass is 16.3. The minimum absolute atomic E-state index is 0.0947. The maximum atomic E-state index is 11.8. The van der Waals surface area contributed by atoms with E-state index in [4.69, 9.17) is 5.73 Å². The zero-order valence-electron chi connectivity index (χ0n) is 15.1. The Bertz CT molecular complexity index is 1080. The molecule has 136 valence electrons. The zero-order chi connectivity index (χ0) is 19.0. The van der Waals surface area contributed by atoms with Crippen LogP contribution >= 0.6 is 0 Å². The maximum absolute atomic E-state index is 11.8. The molecule has 2 aromatic carbocycles. The molecule has 3 aromatic rings. The normalized spacial score (nSPS) is 13.2. The molecule has 0 radical (unpaired) electrons. The third kappa shape index (κ3) is 3.34. The van der Waals surface area contributed by atoms with E-state index in [-0.39, 0.29) is 17.6 Å². The van der Waals surface area contributed by atoms with Gasteiger partial charge in [-0.2, -0.15) is 0 Å². The van der Waals surface area contributed by atoms with Crippen LogP contribution < -0.4 is 11.1 Å². The van der Waals surface area contributed by atoms with Crippen molar-refractivity contribution >= 4 is 28.2 Å². The third-order valence-electron chi connectivity index (χ3n) is 4.83. The topological polar surface area (TPSA) is 80.3 Å². The van der Waals surface area contributed by atoms with Crippen LogP contribution in [0.3, 0.4) is 0 Å². The summed E-state index contributed by atoms with van der Waals surface area (Å²) in [6.45, 7) is 2.72. The largest absolute Gasteiger partial charge is 0.508 e. The fourth-order valence-electron chi connectivity index (χ4n) is 3.19. The van der Waals surface area contributed by atoms with Crippen molar-refractivity contribution in [2.75, 3.05) is 11.1 Å². The molecule has 0 aliphatic heterocycles. The van der Waals surface area contributed by atoms with Crippen molar-refractivity contribution in [1.29, 1.82) is 0 Å². The summed E-state index contributed by atoms with van der Waals surface area (Å²) >= 11 is 0. The van der Waals surface area contributed by atoms with E-state index in [1.54, 1.807) is 12.1 Å². The molecule has 0 spiro atoms. The minimum Gasteiger partial charge on any atom is -0.508 e. The van der Waals surface area contributed by atoms with Crippen LogP contribution in [-0.4, -0.2) is 15.6 Å². The SMILES string of the molecule is CCn1c(C#Cc2ccc(NC(=O)C3CC3)cc2)c(N)c2ccc(O)cc21. The summed E-state index contributed by atoms with van der Waals surface area (Å²) in [5.41, 5.74) is 10.2. The molecule has 1 aliphatic rings. The van der Waals surface area contributed by atoms with Crippen LogP contribution in [0.15, 0.2) is 42.5 Å². The quantitative estimate of drug-likeness (QED) is 0.624. The lowest BCUT2D eigenvalue weighted by molar-refractivity contribution is -0.117. The summed E-state index contributed by atoms with van der Waals surface area (Å²) in [4.78, 5) is 11.8. The molecule has 5 heteroatoms. The lowest BCUT2D eigenvalue weighted by atomic mass is 10.2. The van der Waals surface area contributed by atoms with Crippen molar-refractivity contribution in [3.8, 4) is 17.6 Å². The number of rotatable bonds is 3. The van der Waals surface area contributed by atoms with Gasteiger partial charge in [0.1, 0.15) is 11.4 Å². The van der Waals surface area contributed by atoms with E-state index in [0.717, 1.165) is 40.7 Å². The number of aryl methyl sites for hydroxylation is 1.